The van der Waals surface area contributed by atoms with Gasteiger partial charge in [-0.3, -0.25) is 9.59 Å². The Morgan fingerprint density at radius 1 is 0.880 bits per heavy atom. The fraction of sp³-hybridized carbons (Fsp3) is 0.263. The van der Waals surface area contributed by atoms with Gasteiger partial charge in [-0.15, -0.1) is 0 Å². The minimum absolute atomic E-state index is 0.0859. The van der Waals surface area contributed by atoms with Crippen molar-refractivity contribution in [3.63, 3.8) is 0 Å². The molecule has 0 heterocycles. The monoisotopic (exact) mass is 342 g/mol. The summed E-state index contributed by atoms with van der Waals surface area (Å²) in [5.74, 6) is 0.926. The predicted octanol–water partition coefficient (Wildman–Crippen LogP) is 2.61. The molecule has 25 heavy (non-hydrogen) atoms. The van der Waals surface area contributed by atoms with Crippen molar-refractivity contribution in [1.82, 2.24) is 5.32 Å². The number of hydrogen-bond donors (Lipinski definition) is 2. The van der Waals surface area contributed by atoms with E-state index in [1.54, 1.807) is 24.3 Å². The number of hydrogen-bond acceptors (Lipinski definition) is 4. The Bertz CT molecular complexity index is 672. The molecule has 0 bridgehead atoms. The standard InChI is InChI=1S/C19H22N2O4/c1-2-24-17-10-8-15(9-11-17)21-19(23)14-20-18(22)12-13-25-16-6-4-3-5-7-16/h3-11H,2,12-14H2,1H3,(H,20,22)(H,21,23). The molecule has 6 nitrogen and oxygen atoms in total. The Morgan fingerprint density at radius 3 is 2.24 bits per heavy atom. The summed E-state index contributed by atoms with van der Waals surface area (Å²) >= 11 is 0. The molecule has 2 aromatic carbocycles. The smallest absolute Gasteiger partial charge is 0.243 e. The highest BCUT2D eigenvalue weighted by molar-refractivity contribution is 5.94. The molecule has 0 aliphatic heterocycles. The van der Waals surface area contributed by atoms with Crippen LogP contribution in [0.4, 0.5) is 5.69 Å². The minimum atomic E-state index is -0.290. The number of carbonyl (C=O) groups is 2. The van der Waals surface area contributed by atoms with E-state index < -0.39 is 0 Å². The molecule has 2 N–H and O–H groups in total. The van der Waals surface area contributed by atoms with Gasteiger partial charge in [0.2, 0.25) is 11.8 Å². The summed E-state index contributed by atoms with van der Waals surface area (Å²) in [5, 5.41) is 5.27. The molecule has 0 aromatic heterocycles. The Labute approximate surface area is 147 Å². The zero-order valence-corrected chi connectivity index (χ0v) is 14.2. The highest BCUT2D eigenvalue weighted by Gasteiger charge is 2.06. The fourth-order valence-electron chi connectivity index (χ4n) is 2.05. The van der Waals surface area contributed by atoms with Crippen LogP contribution in [0.3, 0.4) is 0 Å². The average molecular weight is 342 g/mol. The molecule has 0 radical (unpaired) electrons. The first-order valence-electron chi connectivity index (χ1n) is 8.14. The molecule has 0 spiro atoms. The number of nitrogens with one attached hydrogen (secondary N) is 2. The summed E-state index contributed by atoms with van der Waals surface area (Å²) in [6, 6.07) is 16.3. The number of carbonyl (C=O) groups excluding carboxylic acids is 2. The molecular formula is C19H22N2O4. The van der Waals surface area contributed by atoms with Crippen molar-refractivity contribution < 1.29 is 19.1 Å². The number of rotatable bonds is 9. The molecule has 6 heteroatoms. The van der Waals surface area contributed by atoms with Gasteiger partial charge in [-0.1, -0.05) is 18.2 Å². The molecule has 0 unspecified atom stereocenters. The number of amides is 2. The summed E-state index contributed by atoms with van der Waals surface area (Å²) in [5.41, 5.74) is 0.648. The van der Waals surface area contributed by atoms with E-state index in [0.29, 0.717) is 18.0 Å². The molecule has 0 aliphatic carbocycles. The summed E-state index contributed by atoms with van der Waals surface area (Å²) < 4.78 is 10.8. The Hall–Kier alpha value is -3.02. The van der Waals surface area contributed by atoms with E-state index in [2.05, 4.69) is 10.6 Å². The molecule has 0 aliphatic rings. The molecule has 0 saturated carbocycles. The van der Waals surface area contributed by atoms with Crippen molar-refractivity contribution in [2.45, 2.75) is 13.3 Å². The molecule has 0 saturated heterocycles. The van der Waals surface area contributed by atoms with Crippen LogP contribution >= 0.6 is 0 Å². The third-order valence-corrected chi connectivity index (χ3v) is 3.24. The third-order valence-electron chi connectivity index (χ3n) is 3.24. The van der Waals surface area contributed by atoms with Crippen LogP contribution < -0.4 is 20.1 Å². The van der Waals surface area contributed by atoms with E-state index in [1.165, 1.54) is 0 Å². The van der Waals surface area contributed by atoms with Crippen molar-refractivity contribution in [3.05, 3.63) is 54.6 Å². The number of benzene rings is 2. The van der Waals surface area contributed by atoms with Crippen LogP contribution in [0, 0.1) is 0 Å². The van der Waals surface area contributed by atoms with Gasteiger partial charge in [0.05, 0.1) is 26.2 Å². The van der Waals surface area contributed by atoms with Crippen molar-refractivity contribution in [2.75, 3.05) is 25.1 Å². The summed E-state index contributed by atoms with van der Waals surface area (Å²) in [7, 11) is 0. The van der Waals surface area contributed by atoms with Crippen LogP contribution in [0.1, 0.15) is 13.3 Å². The largest absolute Gasteiger partial charge is 0.494 e. The number of para-hydroxylation sites is 1. The van der Waals surface area contributed by atoms with Crippen molar-refractivity contribution >= 4 is 17.5 Å². The van der Waals surface area contributed by atoms with Crippen LogP contribution in [-0.2, 0) is 9.59 Å². The van der Waals surface area contributed by atoms with Gasteiger partial charge in [-0.2, -0.15) is 0 Å². The quantitative estimate of drug-likeness (QED) is 0.734. The lowest BCUT2D eigenvalue weighted by Crippen LogP contribution is -2.33. The average Bonchev–Trinajstić information content (AvgIpc) is 2.63. The lowest BCUT2D eigenvalue weighted by atomic mass is 10.3. The van der Waals surface area contributed by atoms with Crippen LogP contribution in [0.25, 0.3) is 0 Å². The van der Waals surface area contributed by atoms with Gasteiger partial charge >= 0.3 is 0 Å². The van der Waals surface area contributed by atoms with Gasteiger partial charge < -0.3 is 20.1 Å². The summed E-state index contributed by atoms with van der Waals surface area (Å²) in [4.78, 5) is 23.6. The maximum atomic E-state index is 11.8. The van der Waals surface area contributed by atoms with E-state index in [1.807, 2.05) is 37.3 Å². The van der Waals surface area contributed by atoms with Crippen molar-refractivity contribution in [1.29, 1.82) is 0 Å². The fourth-order valence-corrected chi connectivity index (χ4v) is 2.05. The Balaban J connectivity index is 1.64. The van der Waals surface area contributed by atoms with Gasteiger partial charge in [0.15, 0.2) is 0 Å². The topological polar surface area (TPSA) is 76.7 Å². The second-order valence-electron chi connectivity index (χ2n) is 5.19. The van der Waals surface area contributed by atoms with E-state index in [0.717, 1.165) is 5.75 Å². The third kappa shape index (κ3) is 6.95. The maximum Gasteiger partial charge on any atom is 0.243 e. The Morgan fingerprint density at radius 2 is 1.56 bits per heavy atom. The number of ether oxygens (including phenoxy) is 2. The summed E-state index contributed by atoms with van der Waals surface area (Å²) in [6.45, 7) is 2.67. The normalized spacial score (nSPS) is 9.96. The lowest BCUT2D eigenvalue weighted by molar-refractivity contribution is -0.124. The van der Waals surface area contributed by atoms with E-state index in [4.69, 9.17) is 9.47 Å². The van der Waals surface area contributed by atoms with Crippen LogP contribution in [0.2, 0.25) is 0 Å². The molecule has 2 rings (SSSR count). The highest BCUT2D eigenvalue weighted by Crippen LogP contribution is 2.15. The van der Waals surface area contributed by atoms with Crippen molar-refractivity contribution in [3.8, 4) is 11.5 Å². The first-order valence-corrected chi connectivity index (χ1v) is 8.14. The van der Waals surface area contributed by atoms with Gasteiger partial charge in [0, 0.05) is 5.69 Å². The number of anilines is 1. The maximum absolute atomic E-state index is 11.8. The van der Waals surface area contributed by atoms with Crippen molar-refractivity contribution in [2.24, 2.45) is 0 Å². The Kier molecular flexibility index (Phi) is 7.31. The van der Waals surface area contributed by atoms with E-state index >= 15 is 0 Å². The summed E-state index contributed by atoms with van der Waals surface area (Å²) in [6.07, 6.45) is 0.186. The first-order chi connectivity index (χ1) is 12.2. The van der Waals surface area contributed by atoms with E-state index in [-0.39, 0.29) is 31.4 Å². The van der Waals surface area contributed by atoms with Gasteiger partial charge in [-0.25, -0.2) is 0 Å². The minimum Gasteiger partial charge on any atom is -0.494 e. The SMILES string of the molecule is CCOc1ccc(NC(=O)CNC(=O)CCOc2ccccc2)cc1. The van der Waals surface area contributed by atoms with Crippen LogP contribution in [0.5, 0.6) is 11.5 Å². The van der Waals surface area contributed by atoms with Crippen LogP contribution in [0.15, 0.2) is 54.6 Å². The van der Waals surface area contributed by atoms with Gasteiger partial charge in [-0.05, 0) is 43.3 Å². The predicted molar refractivity (Wildman–Crippen MR) is 95.8 cm³/mol. The van der Waals surface area contributed by atoms with E-state index in [9.17, 15) is 9.59 Å². The zero-order chi connectivity index (χ0) is 17.9. The molecule has 2 aromatic rings. The zero-order valence-electron chi connectivity index (χ0n) is 14.2. The molecule has 0 fully saturated rings. The molecule has 132 valence electrons. The first kappa shape index (κ1) is 18.3. The highest BCUT2D eigenvalue weighted by atomic mass is 16.5. The lowest BCUT2D eigenvalue weighted by Gasteiger charge is -2.09. The van der Waals surface area contributed by atoms with Crippen LogP contribution in [-0.4, -0.2) is 31.6 Å². The van der Waals surface area contributed by atoms with Gasteiger partial charge in [0.25, 0.3) is 0 Å². The second-order valence-corrected chi connectivity index (χ2v) is 5.19. The van der Waals surface area contributed by atoms with Gasteiger partial charge in [0.1, 0.15) is 11.5 Å². The second kappa shape index (κ2) is 9.97. The molecular weight excluding hydrogens is 320 g/mol. The molecule has 0 atom stereocenters. The molecule has 2 amide bonds.